The summed E-state index contributed by atoms with van der Waals surface area (Å²) < 4.78 is 5.39. The van der Waals surface area contributed by atoms with Gasteiger partial charge in [0, 0.05) is 34.6 Å². The molecule has 0 fully saturated rings. The number of hydrogen-bond acceptors (Lipinski definition) is 4. The van der Waals surface area contributed by atoms with Crippen molar-refractivity contribution in [2.24, 2.45) is 0 Å². The number of nitrogens with zero attached hydrogens (tertiary/aromatic N) is 1. The Kier molecular flexibility index (Phi) is 6.53. The molecule has 1 aliphatic heterocycles. The number of rotatable bonds is 5. The normalized spacial score (nSPS) is 14.3. The summed E-state index contributed by atoms with van der Waals surface area (Å²) in [6.45, 7) is 0.324. The zero-order valence-corrected chi connectivity index (χ0v) is 19.2. The SMILES string of the molecule is COc1ccccc1/C=C1/Sc2ccc(C(=O)NCc3ccccc3Cl)cc2N(C)C1=O. The molecule has 0 saturated carbocycles. The number of fused-ring (bicyclic) bond motifs is 1. The lowest BCUT2D eigenvalue weighted by atomic mass is 10.1. The van der Waals surface area contributed by atoms with Crippen molar-refractivity contribution in [1.82, 2.24) is 5.32 Å². The van der Waals surface area contributed by atoms with Gasteiger partial charge in [-0.1, -0.05) is 59.8 Å². The molecule has 7 heteroatoms. The summed E-state index contributed by atoms with van der Waals surface area (Å²) >= 11 is 7.54. The van der Waals surface area contributed by atoms with E-state index in [1.165, 1.54) is 11.8 Å². The van der Waals surface area contributed by atoms with E-state index in [9.17, 15) is 9.59 Å². The van der Waals surface area contributed by atoms with Gasteiger partial charge in [0.1, 0.15) is 5.75 Å². The summed E-state index contributed by atoms with van der Waals surface area (Å²) in [5.41, 5.74) is 2.85. The van der Waals surface area contributed by atoms with Crippen molar-refractivity contribution in [2.75, 3.05) is 19.1 Å². The molecule has 1 aliphatic rings. The number of likely N-dealkylation sites (N-methyl/N-ethyl adjacent to an activating group) is 1. The second-order valence-electron chi connectivity index (χ2n) is 7.17. The molecule has 0 aromatic heterocycles. The number of ether oxygens (including phenoxy) is 1. The molecule has 0 saturated heterocycles. The average Bonchev–Trinajstić information content (AvgIpc) is 2.82. The minimum atomic E-state index is -0.228. The topological polar surface area (TPSA) is 58.6 Å². The third-order valence-electron chi connectivity index (χ3n) is 5.14. The maximum absolute atomic E-state index is 13.0. The Hall–Kier alpha value is -3.22. The second-order valence-corrected chi connectivity index (χ2v) is 8.66. The van der Waals surface area contributed by atoms with Crippen LogP contribution in [-0.2, 0) is 11.3 Å². The number of carbonyl (C=O) groups excluding carboxylic acids is 2. The summed E-state index contributed by atoms with van der Waals surface area (Å²) in [4.78, 5) is 28.7. The predicted molar refractivity (Wildman–Crippen MR) is 129 cm³/mol. The molecular weight excluding hydrogens is 444 g/mol. The molecule has 0 aliphatic carbocycles. The van der Waals surface area contributed by atoms with E-state index < -0.39 is 0 Å². The smallest absolute Gasteiger partial charge is 0.264 e. The molecule has 3 aromatic carbocycles. The molecule has 5 nitrogen and oxygen atoms in total. The number of nitrogens with one attached hydrogen (secondary N) is 1. The van der Waals surface area contributed by atoms with E-state index in [-0.39, 0.29) is 11.8 Å². The fraction of sp³-hybridized carbons (Fsp3) is 0.120. The first kappa shape index (κ1) is 22.0. The molecule has 162 valence electrons. The predicted octanol–water partition coefficient (Wildman–Crippen LogP) is 5.39. The number of thioether (sulfide) groups is 1. The third kappa shape index (κ3) is 4.52. The average molecular weight is 465 g/mol. The van der Waals surface area contributed by atoms with Crippen LogP contribution in [0.25, 0.3) is 6.08 Å². The summed E-state index contributed by atoms with van der Waals surface area (Å²) in [6.07, 6.45) is 1.83. The second kappa shape index (κ2) is 9.51. The van der Waals surface area contributed by atoms with Crippen LogP contribution in [0.5, 0.6) is 5.75 Å². The standard InChI is InChI=1S/C25H21ClN2O3S/c1-28-20-13-17(24(29)27-15-18-8-3-5-9-19(18)26)11-12-22(20)32-23(25(28)30)14-16-7-4-6-10-21(16)31-2/h3-14H,15H2,1-2H3,(H,27,29)/b23-14+. The molecule has 32 heavy (non-hydrogen) atoms. The van der Waals surface area contributed by atoms with E-state index in [0.29, 0.717) is 33.5 Å². The monoisotopic (exact) mass is 464 g/mol. The Morgan fingerprint density at radius 3 is 2.66 bits per heavy atom. The van der Waals surface area contributed by atoms with Crippen molar-refractivity contribution in [1.29, 1.82) is 0 Å². The Balaban J connectivity index is 1.56. The summed E-state index contributed by atoms with van der Waals surface area (Å²) in [5.74, 6) is 0.336. The van der Waals surface area contributed by atoms with E-state index in [1.54, 1.807) is 37.3 Å². The van der Waals surface area contributed by atoms with Crippen molar-refractivity contribution in [3.8, 4) is 5.75 Å². The number of halogens is 1. The molecule has 0 bridgehead atoms. The van der Waals surface area contributed by atoms with Gasteiger partial charge in [0.05, 0.1) is 17.7 Å². The van der Waals surface area contributed by atoms with Gasteiger partial charge in [0.25, 0.3) is 11.8 Å². The van der Waals surface area contributed by atoms with Gasteiger partial charge < -0.3 is 15.0 Å². The van der Waals surface area contributed by atoms with Gasteiger partial charge >= 0.3 is 0 Å². The number of benzene rings is 3. The molecular formula is C25H21ClN2O3S. The van der Waals surface area contributed by atoms with Crippen LogP contribution in [-0.4, -0.2) is 26.0 Å². The lowest BCUT2D eigenvalue weighted by molar-refractivity contribution is -0.114. The molecule has 0 radical (unpaired) electrons. The molecule has 0 atom stereocenters. The van der Waals surface area contributed by atoms with Crippen LogP contribution < -0.4 is 15.0 Å². The van der Waals surface area contributed by atoms with Gasteiger partial charge in [-0.3, -0.25) is 9.59 Å². The van der Waals surface area contributed by atoms with Crippen LogP contribution in [0.2, 0.25) is 5.02 Å². The summed E-state index contributed by atoms with van der Waals surface area (Å²) in [5, 5.41) is 3.49. The summed E-state index contributed by atoms with van der Waals surface area (Å²) in [7, 11) is 3.31. The van der Waals surface area contributed by atoms with Crippen LogP contribution >= 0.6 is 23.4 Å². The van der Waals surface area contributed by atoms with E-state index in [1.807, 2.05) is 54.6 Å². The lowest BCUT2D eigenvalue weighted by Crippen LogP contribution is -2.31. The largest absolute Gasteiger partial charge is 0.496 e. The molecule has 3 aromatic rings. The Morgan fingerprint density at radius 2 is 1.88 bits per heavy atom. The van der Waals surface area contributed by atoms with Crippen molar-refractivity contribution in [2.45, 2.75) is 11.4 Å². The number of methoxy groups -OCH3 is 1. The molecule has 4 rings (SSSR count). The first-order valence-corrected chi connectivity index (χ1v) is 11.1. The number of anilines is 1. The number of amides is 2. The number of para-hydroxylation sites is 1. The third-order valence-corrected chi connectivity index (χ3v) is 6.59. The van der Waals surface area contributed by atoms with Crippen LogP contribution in [0.1, 0.15) is 21.5 Å². The molecule has 0 unspecified atom stereocenters. The Labute approximate surface area is 196 Å². The highest BCUT2D eigenvalue weighted by Gasteiger charge is 2.27. The van der Waals surface area contributed by atoms with Crippen LogP contribution in [0.4, 0.5) is 5.69 Å². The molecule has 1 N–H and O–H groups in total. The van der Waals surface area contributed by atoms with Gasteiger partial charge in [-0.15, -0.1) is 0 Å². The van der Waals surface area contributed by atoms with Gasteiger partial charge in [-0.05, 0) is 42.0 Å². The molecule has 0 spiro atoms. The van der Waals surface area contributed by atoms with Gasteiger partial charge in [0.2, 0.25) is 0 Å². The number of hydrogen-bond donors (Lipinski definition) is 1. The van der Waals surface area contributed by atoms with E-state index in [0.717, 1.165) is 16.0 Å². The van der Waals surface area contributed by atoms with Gasteiger partial charge in [0.15, 0.2) is 0 Å². The van der Waals surface area contributed by atoms with Gasteiger partial charge in [-0.25, -0.2) is 0 Å². The van der Waals surface area contributed by atoms with E-state index in [4.69, 9.17) is 16.3 Å². The van der Waals surface area contributed by atoms with Crippen LogP contribution in [0.15, 0.2) is 76.5 Å². The van der Waals surface area contributed by atoms with E-state index in [2.05, 4.69) is 5.32 Å². The van der Waals surface area contributed by atoms with E-state index >= 15 is 0 Å². The van der Waals surface area contributed by atoms with Crippen LogP contribution in [0.3, 0.4) is 0 Å². The molecule has 1 heterocycles. The first-order valence-electron chi connectivity index (χ1n) is 9.94. The Bertz CT molecular complexity index is 1230. The lowest BCUT2D eigenvalue weighted by Gasteiger charge is -2.27. The highest BCUT2D eigenvalue weighted by atomic mass is 35.5. The minimum Gasteiger partial charge on any atom is -0.496 e. The quantitative estimate of drug-likeness (QED) is 0.514. The minimum absolute atomic E-state index is 0.137. The molecule has 2 amide bonds. The van der Waals surface area contributed by atoms with Crippen molar-refractivity contribution in [3.05, 3.63) is 93.3 Å². The number of carbonyl (C=O) groups is 2. The summed E-state index contributed by atoms with van der Waals surface area (Å²) in [6, 6.07) is 20.3. The zero-order chi connectivity index (χ0) is 22.7. The Morgan fingerprint density at radius 1 is 1.12 bits per heavy atom. The van der Waals surface area contributed by atoms with Crippen molar-refractivity contribution in [3.63, 3.8) is 0 Å². The first-order chi connectivity index (χ1) is 15.5. The van der Waals surface area contributed by atoms with Crippen LogP contribution in [0, 0.1) is 0 Å². The maximum atomic E-state index is 13.0. The van der Waals surface area contributed by atoms with Crippen molar-refractivity contribution >= 4 is 46.9 Å². The zero-order valence-electron chi connectivity index (χ0n) is 17.6. The highest BCUT2D eigenvalue weighted by molar-refractivity contribution is 8.04. The fourth-order valence-electron chi connectivity index (χ4n) is 3.38. The maximum Gasteiger partial charge on any atom is 0.264 e. The fourth-order valence-corrected chi connectivity index (χ4v) is 4.67. The van der Waals surface area contributed by atoms with Gasteiger partial charge in [-0.2, -0.15) is 0 Å². The van der Waals surface area contributed by atoms with Crippen molar-refractivity contribution < 1.29 is 14.3 Å². The highest BCUT2D eigenvalue weighted by Crippen LogP contribution is 2.42.